The highest BCUT2D eigenvalue weighted by atomic mass is 32.1. The van der Waals surface area contributed by atoms with Gasteiger partial charge in [-0.25, -0.2) is 4.98 Å². The van der Waals surface area contributed by atoms with Crippen molar-refractivity contribution in [3.63, 3.8) is 0 Å². The first-order chi connectivity index (χ1) is 9.76. The molecule has 0 aliphatic rings. The molecule has 0 spiro atoms. The second kappa shape index (κ2) is 6.95. The van der Waals surface area contributed by atoms with Crippen LogP contribution < -0.4 is 28.3 Å². The maximum atomic E-state index is 11.0. The van der Waals surface area contributed by atoms with Crippen LogP contribution in [0.4, 0.5) is 17.2 Å². The van der Waals surface area contributed by atoms with Crippen LogP contribution >= 0.6 is 24.8 Å². The molecule has 2 rings (SSSR count). The van der Waals surface area contributed by atoms with Gasteiger partial charge < -0.3 is 27.2 Å². The highest BCUT2D eigenvalue weighted by Gasteiger charge is 2.01. The van der Waals surface area contributed by atoms with Gasteiger partial charge in [-0.1, -0.05) is 0 Å². The number of rotatable bonds is 1. The Bertz CT molecular complexity index is 808. The number of anilines is 3. The van der Waals surface area contributed by atoms with Gasteiger partial charge in [0.2, 0.25) is 0 Å². The van der Waals surface area contributed by atoms with Gasteiger partial charge in [0.15, 0.2) is 4.77 Å². The molecule has 0 saturated carbocycles. The van der Waals surface area contributed by atoms with Gasteiger partial charge in [0.1, 0.15) is 23.0 Å². The molecule has 114 valence electrons. The van der Waals surface area contributed by atoms with E-state index in [1.807, 2.05) is 0 Å². The standard InChI is InChI=1S/C6H9N3OS.C4H6N4OS/c1-3-5(7)6(10)9-4(2-11)8-3;5-1-2(6)7-4(10)8-3(1)9/h11H,2,7H2,1H3,(H,8,9,10);5H2,(H4,6,7,8,9,10). The van der Waals surface area contributed by atoms with Gasteiger partial charge in [0.05, 0.1) is 5.69 Å². The predicted octanol–water partition coefficient (Wildman–Crippen LogP) is -0.313. The Morgan fingerprint density at radius 1 is 1.10 bits per heavy atom. The average molecular weight is 329 g/mol. The van der Waals surface area contributed by atoms with Gasteiger partial charge >= 0.3 is 0 Å². The van der Waals surface area contributed by atoms with Crippen molar-refractivity contribution >= 4 is 42.0 Å². The Balaban J connectivity index is 0.000000211. The highest BCUT2D eigenvalue weighted by Crippen LogP contribution is 2.01. The predicted molar refractivity (Wildman–Crippen MR) is 87.8 cm³/mol. The number of hydrogen-bond acceptors (Lipinski definition) is 8. The van der Waals surface area contributed by atoms with E-state index in [1.165, 1.54) is 0 Å². The number of nitrogens with two attached hydrogens (primary N) is 3. The molecular formula is C10H15N7O2S2. The first-order valence-electron chi connectivity index (χ1n) is 5.60. The van der Waals surface area contributed by atoms with E-state index in [0.717, 1.165) is 0 Å². The monoisotopic (exact) mass is 329 g/mol. The van der Waals surface area contributed by atoms with E-state index in [1.54, 1.807) is 6.92 Å². The van der Waals surface area contributed by atoms with Crippen LogP contribution in [0.3, 0.4) is 0 Å². The quantitative estimate of drug-likeness (QED) is 0.277. The number of aromatic amines is 3. The Kier molecular flexibility index (Phi) is 5.55. The molecule has 0 aliphatic carbocycles. The number of hydrogen-bond donors (Lipinski definition) is 7. The van der Waals surface area contributed by atoms with E-state index in [9.17, 15) is 9.59 Å². The molecule has 0 atom stereocenters. The second-order valence-corrected chi connectivity index (χ2v) is 4.63. The van der Waals surface area contributed by atoms with E-state index in [-0.39, 0.29) is 27.5 Å². The van der Waals surface area contributed by atoms with Crippen molar-refractivity contribution in [1.82, 2.24) is 19.9 Å². The van der Waals surface area contributed by atoms with Crippen LogP contribution in [0.5, 0.6) is 0 Å². The van der Waals surface area contributed by atoms with Crippen LogP contribution in [0.1, 0.15) is 11.5 Å². The molecule has 2 aromatic rings. The summed E-state index contributed by atoms with van der Waals surface area (Å²) >= 11 is 8.57. The number of nitrogen functional groups attached to an aromatic ring is 3. The fraction of sp³-hybridized carbons (Fsp3) is 0.200. The van der Waals surface area contributed by atoms with Crippen LogP contribution in [-0.2, 0) is 5.75 Å². The maximum absolute atomic E-state index is 11.0. The first kappa shape index (κ1) is 16.8. The van der Waals surface area contributed by atoms with Crippen LogP contribution in [-0.4, -0.2) is 19.9 Å². The van der Waals surface area contributed by atoms with E-state index >= 15 is 0 Å². The first-order valence-corrected chi connectivity index (χ1v) is 6.64. The molecule has 0 aliphatic heterocycles. The summed E-state index contributed by atoms with van der Waals surface area (Å²) in [5, 5.41) is 0. The summed E-state index contributed by atoms with van der Waals surface area (Å²) < 4.78 is 0.178. The number of aryl methyl sites for hydroxylation is 1. The SMILES string of the molecule is Cc1nc(CS)[nH]c(=O)c1N.Nc1[nH]c(=S)[nH]c(=O)c1N. The zero-order valence-electron chi connectivity index (χ0n) is 11.1. The average Bonchev–Trinajstić information content (AvgIpc) is 2.42. The Morgan fingerprint density at radius 2 is 1.67 bits per heavy atom. The second-order valence-electron chi connectivity index (χ2n) is 3.91. The number of nitrogens with one attached hydrogen (secondary N) is 3. The summed E-state index contributed by atoms with van der Waals surface area (Å²) in [7, 11) is 0. The molecule has 0 bridgehead atoms. The lowest BCUT2D eigenvalue weighted by Gasteiger charge is -1.99. The maximum Gasteiger partial charge on any atom is 0.277 e. The summed E-state index contributed by atoms with van der Waals surface area (Å²) in [6, 6.07) is 0. The van der Waals surface area contributed by atoms with Crippen molar-refractivity contribution in [2.45, 2.75) is 12.7 Å². The highest BCUT2D eigenvalue weighted by molar-refractivity contribution is 7.79. The van der Waals surface area contributed by atoms with E-state index in [4.69, 9.17) is 17.2 Å². The fourth-order valence-corrected chi connectivity index (χ4v) is 1.59. The summed E-state index contributed by atoms with van der Waals surface area (Å²) in [4.78, 5) is 32.9. The molecule has 0 radical (unpaired) electrons. The van der Waals surface area contributed by atoms with Crippen molar-refractivity contribution in [3.05, 3.63) is 37.0 Å². The summed E-state index contributed by atoms with van der Waals surface area (Å²) in [6.07, 6.45) is 0. The lowest BCUT2D eigenvalue weighted by atomic mass is 10.4. The van der Waals surface area contributed by atoms with Crippen molar-refractivity contribution in [2.24, 2.45) is 0 Å². The fourth-order valence-electron chi connectivity index (χ4n) is 1.24. The van der Waals surface area contributed by atoms with Crippen LogP contribution in [0.25, 0.3) is 0 Å². The number of nitrogens with zero attached hydrogens (tertiary/aromatic N) is 1. The van der Waals surface area contributed by atoms with Gasteiger partial charge in [-0.3, -0.25) is 14.6 Å². The summed E-state index contributed by atoms with van der Waals surface area (Å²) in [6.45, 7) is 1.69. The molecular weight excluding hydrogens is 314 g/mol. The molecule has 0 saturated heterocycles. The lowest BCUT2D eigenvalue weighted by molar-refractivity contribution is 0.977. The molecule has 0 fully saturated rings. The van der Waals surface area contributed by atoms with Crippen molar-refractivity contribution in [3.8, 4) is 0 Å². The molecule has 0 amide bonds. The molecule has 0 aromatic carbocycles. The summed E-state index contributed by atoms with van der Waals surface area (Å²) in [5.41, 5.74) is 15.8. The minimum Gasteiger partial charge on any atom is -0.393 e. The molecule has 2 aromatic heterocycles. The number of aromatic nitrogens is 4. The normalized spacial score (nSPS) is 9.81. The summed E-state index contributed by atoms with van der Waals surface area (Å²) in [5.74, 6) is 1.06. The minimum absolute atomic E-state index is 0.0337. The third-order valence-electron chi connectivity index (χ3n) is 2.35. The van der Waals surface area contributed by atoms with Crippen LogP contribution in [0.2, 0.25) is 0 Å². The van der Waals surface area contributed by atoms with Gasteiger partial charge in [-0.05, 0) is 19.1 Å². The Hall–Kier alpha value is -2.27. The van der Waals surface area contributed by atoms with Gasteiger partial charge in [0.25, 0.3) is 11.1 Å². The molecule has 21 heavy (non-hydrogen) atoms. The molecule has 9 nitrogen and oxygen atoms in total. The molecule has 9 N–H and O–H groups in total. The van der Waals surface area contributed by atoms with Gasteiger partial charge in [-0.15, -0.1) is 0 Å². The zero-order valence-corrected chi connectivity index (χ0v) is 12.8. The topological polar surface area (TPSA) is 172 Å². The zero-order chi connectivity index (χ0) is 16.2. The Labute approximate surface area is 129 Å². The van der Waals surface area contributed by atoms with Crippen molar-refractivity contribution < 1.29 is 0 Å². The van der Waals surface area contributed by atoms with E-state index in [2.05, 4.69) is 44.8 Å². The number of thiol groups is 1. The van der Waals surface area contributed by atoms with Gasteiger partial charge in [-0.2, -0.15) is 12.6 Å². The Morgan fingerprint density at radius 3 is 2.14 bits per heavy atom. The third kappa shape index (κ3) is 4.36. The lowest BCUT2D eigenvalue weighted by Crippen LogP contribution is -2.17. The minimum atomic E-state index is -0.457. The van der Waals surface area contributed by atoms with Crippen LogP contribution in [0, 0.1) is 11.7 Å². The van der Waals surface area contributed by atoms with Crippen molar-refractivity contribution in [2.75, 3.05) is 17.2 Å². The van der Waals surface area contributed by atoms with E-state index < -0.39 is 5.56 Å². The van der Waals surface area contributed by atoms with Crippen LogP contribution in [0.15, 0.2) is 9.59 Å². The van der Waals surface area contributed by atoms with Crippen molar-refractivity contribution in [1.29, 1.82) is 0 Å². The molecule has 11 heteroatoms. The molecule has 0 unspecified atom stereocenters. The van der Waals surface area contributed by atoms with E-state index in [0.29, 0.717) is 17.3 Å². The largest absolute Gasteiger partial charge is 0.393 e. The smallest absolute Gasteiger partial charge is 0.277 e. The molecule has 2 heterocycles. The van der Waals surface area contributed by atoms with Gasteiger partial charge in [0, 0.05) is 5.75 Å². The third-order valence-corrected chi connectivity index (χ3v) is 2.86. The number of H-pyrrole nitrogens is 3.